The first-order valence-electron chi connectivity index (χ1n) is 2.90. The number of rotatable bonds is 0. The zero-order chi connectivity index (χ0) is 7.14. The molecule has 0 radical (unpaired) electrons. The van der Waals surface area contributed by atoms with Crippen LogP contribution in [0.3, 0.4) is 0 Å². The first-order valence-corrected chi connectivity index (χ1v) is 2.90. The summed E-state index contributed by atoms with van der Waals surface area (Å²) in [5.41, 5.74) is 0.801. The summed E-state index contributed by atoms with van der Waals surface area (Å²) in [7, 11) is 0. The molecule has 4 nitrogen and oxygen atoms in total. The van der Waals surface area contributed by atoms with E-state index in [0.29, 0.717) is 17.7 Å². The topological polar surface area (TPSA) is 58.5 Å². The van der Waals surface area contributed by atoms with Gasteiger partial charge >= 0.3 is 0 Å². The minimum absolute atomic E-state index is 0.294. The van der Waals surface area contributed by atoms with Gasteiger partial charge in [-0.2, -0.15) is 0 Å². The van der Waals surface area contributed by atoms with Gasteiger partial charge in [0.15, 0.2) is 0 Å². The molecule has 0 saturated heterocycles. The molecule has 50 valence electrons. The van der Waals surface area contributed by atoms with Gasteiger partial charge in [-0.25, -0.2) is 0 Å². The molecule has 2 amide bonds. The minimum atomic E-state index is -0.367. The Labute approximate surface area is 56.6 Å². The van der Waals surface area contributed by atoms with Gasteiger partial charge in [0.05, 0.1) is 5.57 Å². The number of imide groups is 1. The van der Waals surface area contributed by atoms with Gasteiger partial charge in [0, 0.05) is 12.6 Å². The Balaban J connectivity index is 2.52. The summed E-state index contributed by atoms with van der Waals surface area (Å²) in [4.78, 5) is 25.3. The Bertz CT molecular complexity index is 288. The van der Waals surface area contributed by atoms with Crippen molar-refractivity contribution in [2.45, 2.75) is 6.42 Å². The summed E-state index contributed by atoms with van der Waals surface area (Å²) in [6, 6.07) is 0. The molecule has 0 bridgehead atoms. The van der Waals surface area contributed by atoms with E-state index in [2.05, 4.69) is 10.3 Å². The SMILES string of the molecule is O=C1NC(=O)C2=C1CC=N2. The maximum absolute atomic E-state index is 10.8. The Hall–Kier alpha value is -1.45. The van der Waals surface area contributed by atoms with Crippen molar-refractivity contribution in [3.05, 3.63) is 11.3 Å². The smallest absolute Gasteiger partial charge is 0.277 e. The van der Waals surface area contributed by atoms with Gasteiger partial charge in [-0.1, -0.05) is 0 Å². The van der Waals surface area contributed by atoms with E-state index in [4.69, 9.17) is 0 Å². The molecule has 0 aromatic carbocycles. The molecule has 10 heavy (non-hydrogen) atoms. The number of amides is 2. The molecular weight excluding hydrogens is 132 g/mol. The first kappa shape index (κ1) is 5.34. The highest BCUT2D eigenvalue weighted by atomic mass is 16.2. The lowest BCUT2D eigenvalue weighted by molar-refractivity contribution is -0.124. The van der Waals surface area contributed by atoms with Crippen molar-refractivity contribution in [3.8, 4) is 0 Å². The third-order valence-corrected chi connectivity index (χ3v) is 1.52. The van der Waals surface area contributed by atoms with Gasteiger partial charge in [0.2, 0.25) is 0 Å². The van der Waals surface area contributed by atoms with Crippen molar-refractivity contribution < 1.29 is 9.59 Å². The van der Waals surface area contributed by atoms with E-state index in [1.807, 2.05) is 0 Å². The van der Waals surface area contributed by atoms with Crippen LogP contribution in [0.15, 0.2) is 16.3 Å². The molecule has 0 aliphatic carbocycles. The van der Waals surface area contributed by atoms with Gasteiger partial charge < -0.3 is 0 Å². The van der Waals surface area contributed by atoms with E-state index in [1.54, 1.807) is 6.21 Å². The zero-order valence-electron chi connectivity index (χ0n) is 5.05. The molecule has 0 unspecified atom stereocenters. The third kappa shape index (κ3) is 0.478. The van der Waals surface area contributed by atoms with E-state index in [9.17, 15) is 9.59 Å². The maximum Gasteiger partial charge on any atom is 0.277 e. The van der Waals surface area contributed by atoms with Crippen LogP contribution in [0.4, 0.5) is 0 Å². The lowest BCUT2D eigenvalue weighted by Crippen LogP contribution is -2.23. The Kier molecular flexibility index (Phi) is 0.818. The monoisotopic (exact) mass is 136 g/mol. The highest BCUT2D eigenvalue weighted by Crippen LogP contribution is 2.20. The standard InChI is InChI=1S/C6H4N2O2/c9-5-3-1-2-7-4(3)6(10)8-5/h2H,1H2,(H,8,9,10). The van der Waals surface area contributed by atoms with Crippen LogP contribution < -0.4 is 5.32 Å². The summed E-state index contributed by atoms with van der Waals surface area (Å²) < 4.78 is 0. The minimum Gasteiger partial charge on any atom is -0.287 e. The van der Waals surface area contributed by atoms with Crippen LogP contribution in [-0.2, 0) is 9.59 Å². The predicted molar refractivity (Wildman–Crippen MR) is 33.3 cm³/mol. The lowest BCUT2D eigenvalue weighted by Gasteiger charge is -1.89. The second kappa shape index (κ2) is 1.53. The molecule has 1 N–H and O–H groups in total. The highest BCUT2D eigenvalue weighted by molar-refractivity contribution is 6.21. The van der Waals surface area contributed by atoms with E-state index in [1.165, 1.54) is 0 Å². The van der Waals surface area contributed by atoms with Gasteiger partial charge in [0.1, 0.15) is 5.70 Å². The molecule has 2 aliphatic rings. The van der Waals surface area contributed by atoms with Crippen molar-refractivity contribution in [2.24, 2.45) is 4.99 Å². The number of carbonyl (C=O) groups excluding carboxylic acids is 2. The molecule has 0 saturated carbocycles. The Morgan fingerprint density at radius 2 is 2.20 bits per heavy atom. The third-order valence-electron chi connectivity index (χ3n) is 1.52. The zero-order valence-corrected chi connectivity index (χ0v) is 5.05. The van der Waals surface area contributed by atoms with Crippen LogP contribution in [0, 0.1) is 0 Å². The largest absolute Gasteiger partial charge is 0.287 e. The van der Waals surface area contributed by atoms with Crippen LogP contribution in [0.2, 0.25) is 0 Å². The number of nitrogens with one attached hydrogen (secondary N) is 1. The van der Waals surface area contributed by atoms with Crippen molar-refractivity contribution >= 4 is 18.0 Å². The molecule has 0 spiro atoms. The molecule has 0 fully saturated rings. The average Bonchev–Trinajstić information content (AvgIpc) is 2.39. The summed E-state index contributed by atoms with van der Waals surface area (Å²) in [6.45, 7) is 0. The summed E-state index contributed by atoms with van der Waals surface area (Å²) in [6.07, 6.45) is 2.06. The summed E-state index contributed by atoms with van der Waals surface area (Å²) in [5, 5.41) is 2.15. The van der Waals surface area contributed by atoms with Gasteiger partial charge in [0.25, 0.3) is 11.8 Å². The van der Waals surface area contributed by atoms with Gasteiger partial charge in [-0.05, 0) is 0 Å². The number of hydrogen-bond donors (Lipinski definition) is 1. The average molecular weight is 136 g/mol. The number of aliphatic imine (C=N–C) groups is 1. The van der Waals surface area contributed by atoms with Crippen LogP contribution in [0.25, 0.3) is 0 Å². The van der Waals surface area contributed by atoms with Crippen molar-refractivity contribution in [1.82, 2.24) is 5.32 Å². The second-order valence-electron chi connectivity index (χ2n) is 2.13. The molecule has 2 aliphatic heterocycles. The molecular formula is C6H4N2O2. The van der Waals surface area contributed by atoms with Crippen LogP contribution >= 0.6 is 0 Å². The molecule has 0 aromatic heterocycles. The van der Waals surface area contributed by atoms with Crippen LogP contribution in [0.5, 0.6) is 0 Å². The van der Waals surface area contributed by atoms with Gasteiger partial charge in [-0.3, -0.25) is 19.9 Å². The second-order valence-corrected chi connectivity index (χ2v) is 2.13. The maximum atomic E-state index is 10.8. The van der Waals surface area contributed by atoms with Crippen molar-refractivity contribution in [1.29, 1.82) is 0 Å². The van der Waals surface area contributed by atoms with E-state index < -0.39 is 0 Å². The fourth-order valence-corrected chi connectivity index (χ4v) is 1.04. The van der Waals surface area contributed by atoms with Crippen LogP contribution in [-0.4, -0.2) is 18.0 Å². The molecule has 2 heterocycles. The molecule has 2 rings (SSSR count). The van der Waals surface area contributed by atoms with Crippen molar-refractivity contribution in [3.63, 3.8) is 0 Å². The Morgan fingerprint density at radius 1 is 1.40 bits per heavy atom. The van der Waals surface area contributed by atoms with Crippen molar-refractivity contribution in [2.75, 3.05) is 0 Å². The van der Waals surface area contributed by atoms with Crippen LogP contribution in [0.1, 0.15) is 6.42 Å². The lowest BCUT2D eigenvalue weighted by atomic mass is 10.2. The molecule has 0 atom stereocenters. The highest BCUT2D eigenvalue weighted by Gasteiger charge is 2.31. The fourth-order valence-electron chi connectivity index (χ4n) is 1.04. The number of nitrogens with zero attached hydrogens (tertiary/aromatic N) is 1. The molecule has 4 heteroatoms. The molecule has 0 aromatic rings. The first-order chi connectivity index (χ1) is 4.79. The normalized spacial score (nSPS) is 22.0. The van der Waals surface area contributed by atoms with E-state index in [-0.39, 0.29) is 11.8 Å². The summed E-state index contributed by atoms with van der Waals surface area (Å²) in [5.74, 6) is -0.661. The van der Waals surface area contributed by atoms with E-state index >= 15 is 0 Å². The fraction of sp³-hybridized carbons (Fsp3) is 0.167. The summed E-state index contributed by atoms with van der Waals surface area (Å²) >= 11 is 0. The number of carbonyl (C=O) groups is 2. The van der Waals surface area contributed by atoms with Gasteiger partial charge in [-0.15, -0.1) is 0 Å². The predicted octanol–water partition coefficient (Wildman–Crippen LogP) is -0.629. The number of hydrogen-bond acceptors (Lipinski definition) is 3. The Morgan fingerprint density at radius 3 is 2.90 bits per heavy atom. The van der Waals surface area contributed by atoms with E-state index in [0.717, 1.165) is 0 Å². The quantitative estimate of drug-likeness (QED) is 0.451.